The van der Waals surface area contributed by atoms with Crippen LogP contribution in [-0.4, -0.2) is 35.3 Å². The fourth-order valence-corrected chi connectivity index (χ4v) is 2.31. The Balaban J connectivity index is 2.83. The lowest BCUT2D eigenvalue weighted by molar-refractivity contribution is -0.135. The molecule has 0 saturated carbocycles. The second-order valence-corrected chi connectivity index (χ2v) is 5.33. The molecule has 1 fully saturated rings. The molecule has 0 aromatic heterocycles. The van der Waals surface area contributed by atoms with E-state index in [9.17, 15) is 9.59 Å². The highest BCUT2D eigenvalue weighted by molar-refractivity contribution is 5.90. The lowest BCUT2D eigenvalue weighted by Gasteiger charge is -2.28. The summed E-state index contributed by atoms with van der Waals surface area (Å²) in [6.45, 7) is 8.88. The number of rotatable bonds is 4. The fraction of sp³-hybridized carbons (Fsp3) is 0.846. The second kappa shape index (κ2) is 6.03. The minimum Gasteiger partial charge on any atom is -0.344 e. The maximum Gasteiger partial charge on any atom is 0.245 e. The van der Waals surface area contributed by atoms with Crippen LogP contribution in [0, 0.1) is 5.92 Å². The van der Waals surface area contributed by atoms with Gasteiger partial charge in [0.2, 0.25) is 11.8 Å². The molecule has 2 atom stereocenters. The summed E-state index contributed by atoms with van der Waals surface area (Å²) in [5.41, 5.74) is 0. The zero-order valence-electron chi connectivity index (χ0n) is 11.3. The molecular formula is C13H24N2O2. The van der Waals surface area contributed by atoms with Crippen LogP contribution in [0.2, 0.25) is 0 Å². The summed E-state index contributed by atoms with van der Waals surface area (Å²) in [6, 6.07) is -0.321. The Labute approximate surface area is 104 Å². The fourth-order valence-electron chi connectivity index (χ4n) is 2.31. The summed E-state index contributed by atoms with van der Waals surface area (Å²) in [5.74, 6) is 0.482. The van der Waals surface area contributed by atoms with Crippen LogP contribution in [0.25, 0.3) is 0 Å². The highest BCUT2D eigenvalue weighted by atomic mass is 16.2. The van der Waals surface area contributed by atoms with Crippen LogP contribution in [-0.2, 0) is 9.59 Å². The zero-order chi connectivity index (χ0) is 13.0. The van der Waals surface area contributed by atoms with Crippen molar-refractivity contribution in [3.63, 3.8) is 0 Å². The smallest absolute Gasteiger partial charge is 0.245 e. The number of carbonyl (C=O) groups is 2. The van der Waals surface area contributed by atoms with Crippen LogP contribution in [0.15, 0.2) is 0 Å². The minimum absolute atomic E-state index is 0.00453. The van der Waals surface area contributed by atoms with Crippen LogP contribution >= 0.6 is 0 Å². The molecule has 4 nitrogen and oxygen atoms in total. The van der Waals surface area contributed by atoms with E-state index in [2.05, 4.69) is 26.1 Å². The summed E-state index contributed by atoms with van der Waals surface area (Å²) in [5, 5.41) is 2.85. The Morgan fingerprint density at radius 1 is 1.41 bits per heavy atom. The van der Waals surface area contributed by atoms with E-state index in [0.717, 1.165) is 19.4 Å². The lowest BCUT2D eigenvalue weighted by atomic mass is 10.0. The van der Waals surface area contributed by atoms with Gasteiger partial charge >= 0.3 is 0 Å². The van der Waals surface area contributed by atoms with Crippen molar-refractivity contribution in [3.05, 3.63) is 0 Å². The van der Waals surface area contributed by atoms with E-state index in [-0.39, 0.29) is 23.9 Å². The molecule has 1 aliphatic rings. The molecule has 0 aromatic rings. The normalized spacial score (nSPS) is 26.1. The summed E-state index contributed by atoms with van der Waals surface area (Å²) >= 11 is 0. The van der Waals surface area contributed by atoms with Gasteiger partial charge in [0.25, 0.3) is 0 Å². The molecule has 0 radical (unpaired) electrons. The molecule has 1 saturated heterocycles. The molecule has 0 spiro atoms. The molecule has 2 amide bonds. The predicted octanol–water partition coefficient (Wildman–Crippen LogP) is 1.55. The monoisotopic (exact) mass is 240 g/mol. The van der Waals surface area contributed by atoms with Gasteiger partial charge in [0.1, 0.15) is 6.04 Å². The third-order valence-corrected chi connectivity index (χ3v) is 3.10. The molecule has 4 heteroatoms. The lowest BCUT2D eigenvalue weighted by Crippen LogP contribution is -2.47. The highest BCUT2D eigenvalue weighted by Gasteiger charge is 2.33. The van der Waals surface area contributed by atoms with E-state index in [1.54, 1.807) is 0 Å². The second-order valence-electron chi connectivity index (χ2n) is 5.33. The van der Waals surface area contributed by atoms with Crippen LogP contribution in [0.1, 0.15) is 47.0 Å². The molecule has 1 aliphatic heterocycles. The van der Waals surface area contributed by atoms with Crippen LogP contribution in [0.5, 0.6) is 0 Å². The molecule has 0 aliphatic carbocycles. The predicted molar refractivity (Wildman–Crippen MR) is 67.5 cm³/mol. The molecule has 1 heterocycles. The molecule has 0 aromatic carbocycles. The Kier molecular flexibility index (Phi) is 4.97. The van der Waals surface area contributed by atoms with Gasteiger partial charge in [0.05, 0.1) is 0 Å². The van der Waals surface area contributed by atoms with Crippen LogP contribution in [0.3, 0.4) is 0 Å². The largest absolute Gasteiger partial charge is 0.344 e. The van der Waals surface area contributed by atoms with Crippen LogP contribution < -0.4 is 5.32 Å². The standard InChI is InChI=1S/C13H24N2O2/c1-5-6-15-10(4)8-12(16)14-11(13(15)17)7-9(2)3/h9-11H,5-8H2,1-4H3,(H,14,16). The molecule has 98 valence electrons. The third kappa shape index (κ3) is 3.72. The number of hydrogen-bond donors (Lipinski definition) is 1. The number of hydrogen-bond acceptors (Lipinski definition) is 2. The maximum atomic E-state index is 12.3. The minimum atomic E-state index is -0.334. The average Bonchev–Trinajstić information content (AvgIpc) is 2.30. The van der Waals surface area contributed by atoms with Crippen molar-refractivity contribution in [3.8, 4) is 0 Å². The quantitative estimate of drug-likeness (QED) is 0.810. The van der Waals surface area contributed by atoms with E-state index in [1.165, 1.54) is 0 Å². The van der Waals surface area contributed by atoms with Crippen molar-refractivity contribution in [2.75, 3.05) is 6.54 Å². The summed E-state index contributed by atoms with van der Waals surface area (Å²) in [7, 11) is 0. The molecule has 2 unspecified atom stereocenters. The van der Waals surface area contributed by atoms with Crippen molar-refractivity contribution >= 4 is 11.8 Å². The van der Waals surface area contributed by atoms with Gasteiger partial charge in [-0.25, -0.2) is 0 Å². The van der Waals surface area contributed by atoms with Gasteiger partial charge in [-0.05, 0) is 25.7 Å². The number of nitrogens with zero attached hydrogens (tertiary/aromatic N) is 1. The number of amides is 2. The van der Waals surface area contributed by atoms with Crippen LogP contribution in [0.4, 0.5) is 0 Å². The molecule has 17 heavy (non-hydrogen) atoms. The first-order valence-corrected chi connectivity index (χ1v) is 6.55. The Hall–Kier alpha value is -1.06. The van der Waals surface area contributed by atoms with E-state index in [1.807, 2.05) is 11.8 Å². The highest BCUT2D eigenvalue weighted by Crippen LogP contribution is 2.16. The molecular weight excluding hydrogens is 216 g/mol. The Morgan fingerprint density at radius 2 is 2.06 bits per heavy atom. The zero-order valence-corrected chi connectivity index (χ0v) is 11.3. The number of carbonyl (C=O) groups excluding carboxylic acids is 2. The maximum absolute atomic E-state index is 12.3. The van der Waals surface area contributed by atoms with E-state index >= 15 is 0 Å². The van der Waals surface area contributed by atoms with Gasteiger partial charge < -0.3 is 10.2 Å². The molecule has 1 rings (SSSR count). The topological polar surface area (TPSA) is 49.4 Å². The van der Waals surface area contributed by atoms with Crippen molar-refractivity contribution in [1.29, 1.82) is 0 Å². The first kappa shape index (κ1) is 14.0. The van der Waals surface area contributed by atoms with E-state index in [4.69, 9.17) is 0 Å². The van der Waals surface area contributed by atoms with Gasteiger partial charge in [-0.3, -0.25) is 9.59 Å². The van der Waals surface area contributed by atoms with Gasteiger partial charge in [0.15, 0.2) is 0 Å². The van der Waals surface area contributed by atoms with Crippen molar-refractivity contribution in [2.45, 2.75) is 59.0 Å². The summed E-state index contributed by atoms with van der Waals surface area (Å²) < 4.78 is 0. The average molecular weight is 240 g/mol. The van der Waals surface area contributed by atoms with Gasteiger partial charge in [-0.2, -0.15) is 0 Å². The molecule has 0 bridgehead atoms. The van der Waals surface area contributed by atoms with Gasteiger partial charge in [0, 0.05) is 19.0 Å². The third-order valence-electron chi connectivity index (χ3n) is 3.10. The summed E-state index contributed by atoms with van der Waals surface area (Å²) in [6.07, 6.45) is 2.07. The first-order chi connectivity index (χ1) is 7.95. The van der Waals surface area contributed by atoms with E-state index in [0.29, 0.717) is 12.3 Å². The van der Waals surface area contributed by atoms with Crippen molar-refractivity contribution in [1.82, 2.24) is 10.2 Å². The SMILES string of the molecule is CCCN1C(=O)C(CC(C)C)NC(=O)CC1C. The molecule has 1 N–H and O–H groups in total. The van der Waals surface area contributed by atoms with Gasteiger partial charge in [-0.1, -0.05) is 20.8 Å². The van der Waals surface area contributed by atoms with Crippen molar-refractivity contribution in [2.24, 2.45) is 5.92 Å². The Morgan fingerprint density at radius 3 is 2.59 bits per heavy atom. The Bertz CT molecular complexity index is 289. The van der Waals surface area contributed by atoms with Crippen molar-refractivity contribution < 1.29 is 9.59 Å². The van der Waals surface area contributed by atoms with Gasteiger partial charge in [-0.15, -0.1) is 0 Å². The van der Waals surface area contributed by atoms with E-state index < -0.39 is 0 Å². The first-order valence-electron chi connectivity index (χ1n) is 6.55. The summed E-state index contributed by atoms with van der Waals surface area (Å²) in [4.78, 5) is 25.9. The number of nitrogens with one attached hydrogen (secondary N) is 1.